The molecular weight excluding hydrogens is 234 g/mol. The number of aryl methyl sites for hydroxylation is 1. The number of rotatable bonds is 2. The molecular formula is C16H19N3. The van der Waals surface area contributed by atoms with Crippen molar-refractivity contribution in [1.29, 1.82) is 0 Å². The summed E-state index contributed by atoms with van der Waals surface area (Å²) in [6.07, 6.45) is 6.04. The minimum atomic E-state index is 0.489. The molecule has 2 heterocycles. The largest absolute Gasteiger partial charge is 0.307 e. The Bertz CT molecular complexity index is 604. The van der Waals surface area contributed by atoms with Crippen LogP contribution < -0.4 is 5.32 Å². The van der Waals surface area contributed by atoms with Crippen molar-refractivity contribution >= 4 is 0 Å². The maximum atomic E-state index is 4.55. The summed E-state index contributed by atoms with van der Waals surface area (Å²) in [4.78, 5) is 0. The molecule has 1 aliphatic heterocycles. The average molecular weight is 253 g/mol. The van der Waals surface area contributed by atoms with Gasteiger partial charge in [0.1, 0.15) is 0 Å². The van der Waals surface area contributed by atoms with Gasteiger partial charge in [-0.25, -0.2) is 4.68 Å². The first-order chi connectivity index (χ1) is 9.30. The van der Waals surface area contributed by atoms with Gasteiger partial charge in [0.15, 0.2) is 0 Å². The molecule has 1 N–H and O–H groups in total. The minimum Gasteiger partial charge on any atom is -0.307 e. The molecule has 1 saturated heterocycles. The lowest BCUT2D eigenvalue weighted by atomic mass is 9.58. The van der Waals surface area contributed by atoms with Crippen LogP contribution in [0.25, 0.3) is 5.69 Å². The van der Waals surface area contributed by atoms with Gasteiger partial charge in [-0.05, 0) is 37.5 Å². The number of hydrogen-bond acceptors (Lipinski definition) is 2. The summed E-state index contributed by atoms with van der Waals surface area (Å²) >= 11 is 0. The monoisotopic (exact) mass is 253 g/mol. The van der Waals surface area contributed by atoms with Gasteiger partial charge in [-0.3, -0.25) is 0 Å². The summed E-state index contributed by atoms with van der Waals surface area (Å²) in [5.74, 6) is 0. The Balaban J connectivity index is 1.76. The zero-order valence-electron chi connectivity index (χ0n) is 11.3. The molecule has 19 heavy (non-hydrogen) atoms. The van der Waals surface area contributed by atoms with Crippen LogP contribution >= 0.6 is 0 Å². The third-order valence-corrected chi connectivity index (χ3v) is 4.93. The number of benzene rings is 1. The van der Waals surface area contributed by atoms with E-state index in [2.05, 4.69) is 52.4 Å². The predicted octanol–water partition coefficient (Wildman–Crippen LogP) is 3.00. The third-order valence-electron chi connectivity index (χ3n) is 4.93. The molecule has 3 heteroatoms. The van der Waals surface area contributed by atoms with Crippen LogP contribution in [0.4, 0.5) is 0 Å². The molecule has 2 fully saturated rings. The Labute approximate surface area is 113 Å². The summed E-state index contributed by atoms with van der Waals surface area (Å²) in [5.41, 5.74) is 4.32. The van der Waals surface area contributed by atoms with E-state index in [0.29, 0.717) is 11.5 Å². The molecule has 98 valence electrons. The lowest BCUT2D eigenvalue weighted by molar-refractivity contribution is -0.00888. The minimum absolute atomic E-state index is 0.489. The summed E-state index contributed by atoms with van der Waals surface area (Å²) < 4.78 is 2.12. The van der Waals surface area contributed by atoms with Gasteiger partial charge in [0.25, 0.3) is 0 Å². The van der Waals surface area contributed by atoms with Crippen LogP contribution in [0.3, 0.4) is 0 Å². The van der Waals surface area contributed by atoms with E-state index in [9.17, 15) is 0 Å². The molecule has 0 radical (unpaired) electrons. The first-order valence-corrected chi connectivity index (χ1v) is 7.14. The molecule has 1 aromatic heterocycles. The van der Waals surface area contributed by atoms with Crippen LogP contribution in [0.1, 0.15) is 36.6 Å². The number of aromatic nitrogens is 2. The molecule has 1 spiro atoms. The van der Waals surface area contributed by atoms with Gasteiger partial charge in [-0.1, -0.05) is 24.6 Å². The van der Waals surface area contributed by atoms with E-state index in [1.807, 2.05) is 6.20 Å². The molecule has 1 saturated carbocycles. The zero-order valence-corrected chi connectivity index (χ0v) is 11.3. The van der Waals surface area contributed by atoms with Crippen molar-refractivity contribution in [1.82, 2.24) is 15.1 Å². The number of nitrogens with zero attached hydrogens (tertiary/aromatic N) is 2. The molecule has 1 atom stereocenters. The van der Waals surface area contributed by atoms with Crippen LogP contribution in [0.5, 0.6) is 0 Å². The fourth-order valence-electron chi connectivity index (χ4n) is 3.54. The van der Waals surface area contributed by atoms with Crippen LogP contribution in [0.15, 0.2) is 36.5 Å². The fraction of sp³-hybridized carbons (Fsp3) is 0.438. The lowest BCUT2D eigenvalue weighted by Crippen LogP contribution is -2.60. The van der Waals surface area contributed by atoms with Crippen molar-refractivity contribution in [2.45, 2.75) is 32.2 Å². The maximum Gasteiger partial charge on any atom is 0.0678 e. The third kappa shape index (κ3) is 1.51. The Morgan fingerprint density at radius 3 is 2.74 bits per heavy atom. The number of para-hydroxylation sites is 1. The van der Waals surface area contributed by atoms with Gasteiger partial charge in [0.05, 0.1) is 17.4 Å². The lowest BCUT2D eigenvalue weighted by Gasteiger charge is -2.56. The van der Waals surface area contributed by atoms with Crippen molar-refractivity contribution in [3.63, 3.8) is 0 Å². The van der Waals surface area contributed by atoms with Gasteiger partial charge < -0.3 is 5.32 Å². The highest BCUT2D eigenvalue weighted by Gasteiger charge is 2.52. The standard InChI is InChI=1S/C16H19N3/c1-12-5-2-3-6-13(12)19-14(7-10-18-19)15-16(11-17-15)8-4-9-16/h2-3,5-7,10,15,17H,4,8-9,11H2,1H3. The molecule has 1 aliphatic carbocycles. The normalized spacial score (nSPS) is 23.9. The molecule has 1 aromatic carbocycles. The summed E-state index contributed by atoms with van der Waals surface area (Å²) in [6, 6.07) is 11.1. The smallest absolute Gasteiger partial charge is 0.0678 e. The SMILES string of the molecule is Cc1ccccc1-n1nccc1C1NCC12CCC2. The Hall–Kier alpha value is -1.61. The summed E-state index contributed by atoms with van der Waals surface area (Å²) in [5, 5.41) is 8.16. The molecule has 1 unspecified atom stereocenters. The van der Waals surface area contributed by atoms with E-state index in [4.69, 9.17) is 0 Å². The van der Waals surface area contributed by atoms with Gasteiger partial charge in [0.2, 0.25) is 0 Å². The van der Waals surface area contributed by atoms with Crippen molar-refractivity contribution in [2.75, 3.05) is 6.54 Å². The topological polar surface area (TPSA) is 29.9 Å². The van der Waals surface area contributed by atoms with Crippen LogP contribution in [-0.2, 0) is 0 Å². The van der Waals surface area contributed by atoms with E-state index >= 15 is 0 Å². The second-order valence-electron chi connectivity index (χ2n) is 5.98. The van der Waals surface area contributed by atoms with Crippen LogP contribution in [-0.4, -0.2) is 16.3 Å². The first-order valence-electron chi connectivity index (χ1n) is 7.14. The fourth-order valence-corrected chi connectivity index (χ4v) is 3.54. The maximum absolute atomic E-state index is 4.55. The van der Waals surface area contributed by atoms with Crippen LogP contribution in [0, 0.1) is 12.3 Å². The summed E-state index contributed by atoms with van der Waals surface area (Å²) in [7, 11) is 0. The second kappa shape index (κ2) is 3.94. The number of nitrogens with one attached hydrogen (secondary N) is 1. The van der Waals surface area contributed by atoms with E-state index in [0.717, 1.165) is 0 Å². The molecule has 2 aromatic rings. The van der Waals surface area contributed by atoms with Gasteiger partial charge >= 0.3 is 0 Å². The molecule has 2 aliphatic rings. The average Bonchev–Trinajstić information content (AvgIpc) is 2.75. The second-order valence-corrected chi connectivity index (χ2v) is 5.98. The van der Waals surface area contributed by atoms with E-state index in [-0.39, 0.29) is 0 Å². The van der Waals surface area contributed by atoms with E-state index < -0.39 is 0 Å². The molecule has 4 rings (SSSR count). The Morgan fingerprint density at radius 1 is 1.26 bits per heavy atom. The van der Waals surface area contributed by atoms with E-state index in [1.54, 1.807) is 0 Å². The molecule has 0 amide bonds. The highest BCUT2D eigenvalue weighted by molar-refractivity contribution is 5.41. The van der Waals surface area contributed by atoms with Crippen molar-refractivity contribution in [3.8, 4) is 5.69 Å². The highest BCUT2D eigenvalue weighted by Crippen LogP contribution is 2.55. The Morgan fingerprint density at radius 2 is 2.11 bits per heavy atom. The Kier molecular flexibility index (Phi) is 2.33. The van der Waals surface area contributed by atoms with Gasteiger partial charge in [-0.15, -0.1) is 0 Å². The van der Waals surface area contributed by atoms with Crippen molar-refractivity contribution in [2.24, 2.45) is 5.41 Å². The molecule has 0 bridgehead atoms. The first kappa shape index (κ1) is 11.2. The van der Waals surface area contributed by atoms with E-state index in [1.165, 1.54) is 42.8 Å². The quantitative estimate of drug-likeness (QED) is 0.891. The zero-order chi connectivity index (χ0) is 12.9. The van der Waals surface area contributed by atoms with Crippen molar-refractivity contribution in [3.05, 3.63) is 47.8 Å². The van der Waals surface area contributed by atoms with Gasteiger partial charge in [-0.2, -0.15) is 5.10 Å². The predicted molar refractivity (Wildman–Crippen MR) is 75.3 cm³/mol. The highest BCUT2D eigenvalue weighted by atomic mass is 15.3. The molecule has 3 nitrogen and oxygen atoms in total. The number of hydrogen-bond donors (Lipinski definition) is 1. The van der Waals surface area contributed by atoms with Gasteiger partial charge in [0, 0.05) is 18.2 Å². The van der Waals surface area contributed by atoms with Crippen molar-refractivity contribution < 1.29 is 0 Å². The van der Waals surface area contributed by atoms with Crippen LogP contribution in [0.2, 0.25) is 0 Å². The summed E-state index contributed by atoms with van der Waals surface area (Å²) in [6.45, 7) is 3.32.